The number of benzene rings is 1. The van der Waals surface area contributed by atoms with E-state index in [0.29, 0.717) is 5.92 Å². The number of aryl methyl sites for hydroxylation is 1. The topological polar surface area (TPSA) is 36.4 Å². The van der Waals surface area contributed by atoms with Crippen molar-refractivity contribution in [1.29, 1.82) is 0 Å². The highest BCUT2D eigenvalue weighted by atomic mass is 32.1. The van der Waals surface area contributed by atoms with Crippen LogP contribution in [0.25, 0.3) is 0 Å². The Bertz CT molecular complexity index is 590. The summed E-state index contributed by atoms with van der Waals surface area (Å²) >= 11 is 1.83. The highest BCUT2D eigenvalue weighted by molar-refractivity contribution is 7.09. The highest BCUT2D eigenvalue weighted by Gasteiger charge is 2.06. The molecule has 1 unspecified atom stereocenters. The van der Waals surface area contributed by atoms with Crippen LogP contribution in [-0.4, -0.2) is 19.6 Å². The lowest BCUT2D eigenvalue weighted by atomic mass is 10.1. The van der Waals surface area contributed by atoms with Crippen LogP contribution in [-0.2, 0) is 13.0 Å². The van der Waals surface area contributed by atoms with E-state index in [4.69, 9.17) is 0 Å². The van der Waals surface area contributed by atoms with E-state index in [1.54, 1.807) is 0 Å². The van der Waals surface area contributed by atoms with Crippen LogP contribution in [0.3, 0.4) is 0 Å². The summed E-state index contributed by atoms with van der Waals surface area (Å²) < 4.78 is 0. The van der Waals surface area contributed by atoms with Crippen molar-refractivity contribution in [2.24, 2.45) is 10.9 Å². The molecule has 0 aliphatic carbocycles. The molecule has 0 aliphatic heterocycles. The molecule has 0 saturated heterocycles. The molecule has 22 heavy (non-hydrogen) atoms. The number of hydrogen-bond acceptors (Lipinski definition) is 2. The van der Waals surface area contributed by atoms with Crippen molar-refractivity contribution < 1.29 is 0 Å². The number of rotatable bonds is 6. The lowest BCUT2D eigenvalue weighted by Crippen LogP contribution is -2.39. The Hall–Kier alpha value is -1.81. The summed E-state index contributed by atoms with van der Waals surface area (Å²) in [6.07, 6.45) is 1.11. The third-order valence-electron chi connectivity index (χ3n) is 3.68. The van der Waals surface area contributed by atoms with Gasteiger partial charge >= 0.3 is 0 Å². The SMILES string of the molecule is CN=C(NCc1ccccc1C)NCC(C)Cc1cccs1. The van der Waals surface area contributed by atoms with Gasteiger partial charge in [0.2, 0.25) is 0 Å². The van der Waals surface area contributed by atoms with Crippen molar-refractivity contribution in [2.75, 3.05) is 13.6 Å². The third kappa shape index (κ3) is 5.19. The molecule has 0 amide bonds. The molecule has 3 nitrogen and oxygen atoms in total. The van der Waals surface area contributed by atoms with Crippen molar-refractivity contribution in [2.45, 2.75) is 26.8 Å². The molecule has 4 heteroatoms. The van der Waals surface area contributed by atoms with E-state index < -0.39 is 0 Å². The van der Waals surface area contributed by atoms with Gasteiger partial charge < -0.3 is 10.6 Å². The van der Waals surface area contributed by atoms with E-state index in [-0.39, 0.29) is 0 Å². The van der Waals surface area contributed by atoms with Gasteiger partial charge in [-0.3, -0.25) is 4.99 Å². The molecule has 0 spiro atoms. The van der Waals surface area contributed by atoms with Crippen molar-refractivity contribution in [3.8, 4) is 0 Å². The van der Waals surface area contributed by atoms with Crippen molar-refractivity contribution in [3.63, 3.8) is 0 Å². The van der Waals surface area contributed by atoms with Gasteiger partial charge in [0, 0.05) is 25.0 Å². The molecule has 1 aromatic carbocycles. The number of aliphatic imine (C=N–C) groups is 1. The van der Waals surface area contributed by atoms with Crippen LogP contribution < -0.4 is 10.6 Å². The zero-order valence-electron chi connectivity index (χ0n) is 13.6. The lowest BCUT2D eigenvalue weighted by molar-refractivity contribution is 0.562. The van der Waals surface area contributed by atoms with Crippen LogP contribution >= 0.6 is 11.3 Å². The fraction of sp³-hybridized carbons (Fsp3) is 0.389. The average Bonchev–Trinajstić information content (AvgIpc) is 3.02. The normalized spacial score (nSPS) is 13.0. The highest BCUT2D eigenvalue weighted by Crippen LogP contribution is 2.13. The quantitative estimate of drug-likeness (QED) is 0.631. The van der Waals surface area contributed by atoms with Gasteiger partial charge in [0.15, 0.2) is 5.96 Å². The second-order valence-corrected chi connectivity index (χ2v) is 6.65. The number of nitrogens with zero attached hydrogens (tertiary/aromatic N) is 1. The van der Waals surface area contributed by atoms with Crippen LogP contribution in [0.4, 0.5) is 0 Å². The van der Waals surface area contributed by atoms with Crippen molar-refractivity contribution in [3.05, 3.63) is 57.8 Å². The summed E-state index contributed by atoms with van der Waals surface area (Å²) in [5.74, 6) is 1.44. The summed E-state index contributed by atoms with van der Waals surface area (Å²) in [6, 6.07) is 12.7. The summed E-state index contributed by atoms with van der Waals surface area (Å²) in [5, 5.41) is 8.93. The van der Waals surface area contributed by atoms with Gasteiger partial charge in [-0.05, 0) is 41.8 Å². The fourth-order valence-corrected chi connectivity index (χ4v) is 3.19. The van der Waals surface area contributed by atoms with Gasteiger partial charge in [0.25, 0.3) is 0 Å². The maximum atomic E-state index is 4.30. The van der Waals surface area contributed by atoms with E-state index in [0.717, 1.165) is 25.5 Å². The van der Waals surface area contributed by atoms with Crippen LogP contribution in [0, 0.1) is 12.8 Å². The predicted molar refractivity (Wildman–Crippen MR) is 96.6 cm³/mol. The molecule has 2 N–H and O–H groups in total. The smallest absolute Gasteiger partial charge is 0.191 e. The van der Waals surface area contributed by atoms with Gasteiger partial charge in [0.1, 0.15) is 0 Å². The number of guanidine groups is 1. The Balaban J connectivity index is 1.76. The van der Waals surface area contributed by atoms with Crippen molar-refractivity contribution in [1.82, 2.24) is 10.6 Å². The zero-order valence-corrected chi connectivity index (χ0v) is 14.4. The molecule has 1 atom stereocenters. The van der Waals surface area contributed by atoms with Gasteiger partial charge in [-0.1, -0.05) is 37.3 Å². The maximum absolute atomic E-state index is 4.30. The lowest BCUT2D eigenvalue weighted by Gasteiger charge is -2.16. The van der Waals surface area contributed by atoms with E-state index >= 15 is 0 Å². The summed E-state index contributed by atoms with van der Waals surface area (Å²) in [6.45, 7) is 6.12. The maximum Gasteiger partial charge on any atom is 0.191 e. The summed E-state index contributed by atoms with van der Waals surface area (Å²) in [4.78, 5) is 5.74. The first-order valence-corrected chi connectivity index (χ1v) is 8.58. The minimum absolute atomic E-state index is 0.579. The zero-order chi connectivity index (χ0) is 15.8. The average molecular weight is 315 g/mol. The molecule has 118 valence electrons. The standard InChI is InChI=1S/C18H25N3S/c1-14(11-17-9-6-10-22-17)12-20-18(19-3)21-13-16-8-5-4-7-15(16)2/h4-10,14H,11-13H2,1-3H3,(H2,19,20,21). The molecule has 0 bridgehead atoms. The second kappa shape index (κ2) is 8.59. The molecular weight excluding hydrogens is 290 g/mol. The van der Waals surface area contributed by atoms with E-state index in [1.165, 1.54) is 16.0 Å². The van der Waals surface area contributed by atoms with Crippen molar-refractivity contribution >= 4 is 17.3 Å². The minimum Gasteiger partial charge on any atom is -0.356 e. The third-order valence-corrected chi connectivity index (χ3v) is 4.58. The molecule has 1 heterocycles. The monoisotopic (exact) mass is 315 g/mol. The molecule has 0 fully saturated rings. The summed E-state index contributed by atoms with van der Waals surface area (Å²) in [5.41, 5.74) is 2.61. The minimum atomic E-state index is 0.579. The van der Waals surface area contributed by atoms with Gasteiger partial charge in [-0.25, -0.2) is 0 Å². The Kier molecular flexibility index (Phi) is 6.46. The van der Waals surface area contributed by atoms with E-state index in [2.05, 4.69) is 71.3 Å². The Morgan fingerprint density at radius 1 is 1.18 bits per heavy atom. The van der Waals surface area contributed by atoms with Crippen LogP contribution in [0.5, 0.6) is 0 Å². The molecule has 2 aromatic rings. The fourth-order valence-electron chi connectivity index (χ4n) is 2.32. The molecule has 0 radical (unpaired) electrons. The predicted octanol–water partition coefficient (Wildman–Crippen LogP) is 3.60. The Morgan fingerprint density at radius 2 is 2.00 bits per heavy atom. The largest absolute Gasteiger partial charge is 0.356 e. The number of hydrogen-bond donors (Lipinski definition) is 2. The number of nitrogens with one attached hydrogen (secondary N) is 2. The van der Waals surface area contributed by atoms with Crippen LogP contribution in [0.2, 0.25) is 0 Å². The molecule has 0 saturated carbocycles. The van der Waals surface area contributed by atoms with E-state index in [1.807, 2.05) is 18.4 Å². The molecule has 0 aliphatic rings. The summed E-state index contributed by atoms with van der Waals surface area (Å²) in [7, 11) is 1.82. The first-order valence-electron chi connectivity index (χ1n) is 7.70. The van der Waals surface area contributed by atoms with Gasteiger partial charge in [0.05, 0.1) is 0 Å². The second-order valence-electron chi connectivity index (χ2n) is 5.62. The first-order chi connectivity index (χ1) is 10.7. The Labute approximate surface area is 137 Å². The van der Waals surface area contributed by atoms with E-state index in [9.17, 15) is 0 Å². The number of thiophene rings is 1. The Morgan fingerprint density at radius 3 is 2.68 bits per heavy atom. The molecule has 2 rings (SSSR count). The van der Waals surface area contributed by atoms with Crippen LogP contribution in [0.1, 0.15) is 22.9 Å². The first kappa shape index (κ1) is 16.6. The van der Waals surface area contributed by atoms with Gasteiger partial charge in [-0.15, -0.1) is 11.3 Å². The van der Waals surface area contributed by atoms with Gasteiger partial charge in [-0.2, -0.15) is 0 Å². The molecular formula is C18H25N3S. The van der Waals surface area contributed by atoms with Crippen LogP contribution in [0.15, 0.2) is 46.8 Å². The molecule has 1 aromatic heterocycles.